The molecule has 1 aliphatic heterocycles. The molecule has 3 N–H and O–H groups in total. The van der Waals surface area contributed by atoms with E-state index in [4.69, 9.17) is 16.7 Å². The number of H-pyrrole nitrogens is 1. The summed E-state index contributed by atoms with van der Waals surface area (Å²) in [6.07, 6.45) is 1.69. The molecular formula is C21H15ClN2O3. The van der Waals surface area contributed by atoms with Gasteiger partial charge in [0.25, 0.3) is 5.91 Å². The lowest BCUT2D eigenvalue weighted by Crippen LogP contribution is -2.03. The number of benzene rings is 2. The number of amides is 1. The molecule has 0 saturated heterocycles. The fourth-order valence-corrected chi connectivity index (χ4v) is 3.46. The number of aryl methyl sites for hydroxylation is 1. The lowest BCUT2D eigenvalue weighted by Gasteiger charge is -2.09. The second-order valence-corrected chi connectivity index (χ2v) is 6.77. The predicted molar refractivity (Wildman–Crippen MR) is 106 cm³/mol. The van der Waals surface area contributed by atoms with Crippen LogP contribution in [0.2, 0.25) is 5.02 Å². The average molecular weight is 379 g/mol. The molecule has 0 fully saturated rings. The number of halogens is 1. The number of rotatable bonds is 3. The van der Waals surface area contributed by atoms with Crippen LogP contribution in [0.4, 0.5) is 5.69 Å². The Morgan fingerprint density at radius 1 is 1.15 bits per heavy atom. The maximum absolute atomic E-state index is 12.6. The number of aromatic nitrogens is 1. The monoisotopic (exact) mass is 378 g/mol. The Morgan fingerprint density at radius 3 is 2.63 bits per heavy atom. The first-order chi connectivity index (χ1) is 12.9. The van der Waals surface area contributed by atoms with Crippen LogP contribution in [-0.2, 0) is 4.79 Å². The van der Waals surface area contributed by atoms with Gasteiger partial charge in [-0.1, -0.05) is 35.9 Å². The predicted octanol–water partition coefficient (Wildman–Crippen LogP) is 4.83. The van der Waals surface area contributed by atoms with Crippen molar-refractivity contribution in [2.24, 2.45) is 0 Å². The van der Waals surface area contributed by atoms with Gasteiger partial charge in [-0.15, -0.1) is 0 Å². The second kappa shape index (κ2) is 6.45. The molecule has 0 saturated carbocycles. The third-order valence-corrected chi connectivity index (χ3v) is 4.77. The molecule has 0 spiro atoms. The lowest BCUT2D eigenvalue weighted by molar-refractivity contribution is -0.110. The molecule has 2 aromatic carbocycles. The van der Waals surface area contributed by atoms with Crippen molar-refractivity contribution in [1.29, 1.82) is 0 Å². The van der Waals surface area contributed by atoms with E-state index in [9.17, 15) is 9.59 Å². The van der Waals surface area contributed by atoms with Gasteiger partial charge in [0.05, 0.1) is 5.57 Å². The summed E-state index contributed by atoms with van der Waals surface area (Å²) in [4.78, 5) is 26.6. The Morgan fingerprint density at radius 2 is 1.93 bits per heavy atom. The molecule has 1 aromatic heterocycles. The number of carbonyl (C=O) groups excluding carboxylic acids is 1. The van der Waals surface area contributed by atoms with Gasteiger partial charge in [-0.05, 0) is 54.0 Å². The molecule has 0 atom stereocenters. The number of aromatic amines is 1. The van der Waals surface area contributed by atoms with E-state index in [1.54, 1.807) is 25.1 Å². The highest BCUT2D eigenvalue weighted by Gasteiger charge is 2.27. The largest absolute Gasteiger partial charge is 0.477 e. The molecule has 27 heavy (non-hydrogen) atoms. The first kappa shape index (κ1) is 17.1. The van der Waals surface area contributed by atoms with Crippen LogP contribution >= 0.6 is 11.6 Å². The number of aromatic carboxylic acids is 1. The normalized spacial score (nSPS) is 14.3. The highest BCUT2D eigenvalue weighted by atomic mass is 35.5. The third kappa shape index (κ3) is 3.02. The number of carbonyl (C=O) groups is 2. The van der Waals surface area contributed by atoms with Gasteiger partial charge < -0.3 is 15.4 Å². The Kier molecular flexibility index (Phi) is 4.09. The van der Waals surface area contributed by atoms with Gasteiger partial charge in [0.15, 0.2) is 0 Å². The molecule has 0 bridgehead atoms. The van der Waals surface area contributed by atoms with E-state index in [0.29, 0.717) is 22.0 Å². The van der Waals surface area contributed by atoms with Crippen LogP contribution in [-0.4, -0.2) is 22.0 Å². The summed E-state index contributed by atoms with van der Waals surface area (Å²) in [6, 6.07) is 14.6. The maximum atomic E-state index is 12.6. The fourth-order valence-electron chi connectivity index (χ4n) is 3.27. The maximum Gasteiger partial charge on any atom is 0.352 e. The number of nitrogens with one attached hydrogen (secondary N) is 2. The van der Waals surface area contributed by atoms with Crippen LogP contribution in [0.25, 0.3) is 22.8 Å². The van der Waals surface area contributed by atoms with Crippen molar-refractivity contribution in [1.82, 2.24) is 4.98 Å². The topological polar surface area (TPSA) is 82.2 Å². The molecule has 0 unspecified atom stereocenters. The van der Waals surface area contributed by atoms with E-state index < -0.39 is 5.97 Å². The zero-order valence-corrected chi connectivity index (χ0v) is 15.1. The summed E-state index contributed by atoms with van der Waals surface area (Å²) in [5, 5.41) is 12.6. The Balaban J connectivity index is 1.90. The molecule has 3 aromatic rings. The summed E-state index contributed by atoms with van der Waals surface area (Å²) in [7, 11) is 0. The van der Waals surface area contributed by atoms with Crippen LogP contribution < -0.4 is 5.32 Å². The lowest BCUT2D eigenvalue weighted by atomic mass is 9.94. The molecule has 0 radical (unpaired) electrons. The van der Waals surface area contributed by atoms with Crippen LogP contribution in [0.1, 0.15) is 27.3 Å². The van der Waals surface area contributed by atoms with Gasteiger partial charge in [0.2, 0.25) is 0 Å². The molecule has 2 heterocycles. The molecule has 0 aliphatic carbocycles. The van der Waals surface area contributed by atoms with Gasteiger partial charge in [0, 0.05) is 22.0 Å². The standard InChI is InChI=1S/C21H15ClN2O3/c1-11-8-18(21(26)27)23-17(11)10-15-19-14(12-4-2-5-13(22)9-12)6-3-7-16(19)24-20(15)25/h2-10,23H,1H3,(H,24,25)(H,26,27)/b15-10-. The smallest absolute Gasteiger partial charge is 0.352 e. The third-order valence-electron chi connectivity index (χ3n) is 4.54. The summed E-state index contributed by atoms with van der Waals surface area (Å²) in [5.41, 5.74) is 5.16. The van der Waals surface area contributed by atoms with Crippen molar-refractivity contribution < 1.29 is 14.7 Å². The number of hydrogen-bond acceptors (Lipinski definition) is 2. The molecule has 1 amide bonds. The number of anilines is 1. The van der Waals surface area contributed by atoms with Crippen LogP contribution in [0.3, 0.4) is 0 Å². The highest BCUT2D eigenvalue weighted by Crippen LogP contribution is 2.41. The van der Waals surface area contributed by atoms with Gasteiger partial charge in [-0.3, -0.25) is 4.79 Å². The van der Waals surface area contributed by atoms with Crippen molar-refractivity contribution in [2.75, 3.05) is 5.32 Å². The Labute approximate surface area is 160 Å². The van der Waals surface area contributed by atoms with Crippen molar-refractivity contribution in [3.8, 4) is 11.1 Å². The Hall–Kier alpha value is -3.31. The highest BCUT2D eigenvalue weighted by molar-refractivity contribution is 6.36. The molecular weight excluding hydrogens is 364 g/mol. The molecule has 1 aliphatic rings. The second-order valence-electron chi connectivity index (χ2n) is 6.34. The van der Waals surface area contributed by atoms with Crippen molar-refractivity contribution >= 4 is 40.8 Å². The molecule has 6 heteroatoms. The van der Waals surface area contributed by atoms with Crippen molar-refractivity contribution in [2.45, 2.75) is 6.92 Å². The number of fused-ring (bicyclic) bond motifs is 1. The minimum Gasteiger partial charge on any atom is -0.477 e. The van der Waals surface area contributed by atoms with Gasteiger partial charge >= 0.3 is 5.97 Å². The molecule has 5 nitrogen and oxygen atoms in total. The van der Waals surface area contributed by atoms with Gasteiger partial charge in [-0.25, -0.2) is 4.79 Å². The van der Waals surface area contributed by atoms with Crippen LogP contribution in [0.5, 0.6) is 0 Å². The molecule has 134 valence electrons. The summed E-state index contributed by atoms with van der Waals surface area (Å²) < 4.78 is 0. The van der Waals surface area contributed by atoms with Crippen LogP contribution in [0, 0.1) is 6.92 Å². The zero-order valence-electron chi connectivity index (χ0n) is 14.3. The summed E-state index contributed by atoms with van der Waals surface area (Å²) in [6.45, 7) is 1.80. The van der Waals surface area contributed by atoms with E-state index in [1.165, 1.54) is 0 Å². The van der Waals surface area contributed by atoms with E-state index in [0.717, 1.165) is 22.3 Å². The van der Waals surface area contributed by atoms with Crippen molar-refractivity contribution in [3.63, 3.8) is 0 Å². The minimum absolute atomic E-state index is 0.0844. The number of carboxylic acids is 1. The quantitative estimate of drug-likeness (QED) is 0.570. The van der Waals surface area contributed by atoms with Gasteiger partial charge in [0.1, 0.15) is 5.69 Å². The van der Waals surface area contributed by atoms with Crippen LogP contribution in [0.15, 0.2) is 48.5 Å². The zero-order chi connectivity index (χ0) is 19.1. The van der Waals surface area contributed by atoms with E-state index >= 15 is 0 Å². The minimum atomic E-state index is -1.04. The van der Waals surface area contributed by atoms with E-state index in [-0.39, 0.29) is 11.6 Å². The Bertz CT molecular complexity index is 1130. The summed E-state index contributed by atoms with van der Waals surface area (Å²) in [5.74, 6) is -1.27. The first-order valence-corrected chi connectivity index (χ1v) is 8.67. The summed E-state index contributed by atoms with van der Waals surface area (Å²) >= 11 is 6.14. The SMILES string of the molecule is Cc1cc(C(=O)O)[nH]c1/C=C1\C(=O)Nc2cccc(-c3cccc(Cl)c3)c21. The van der Waals surface area contributed by atoms with Gasteiger partial charge in [-0.2, -0.15) is 0 Å². The average Bonchev–Trinajstić information content (AvgIpc) is 3.15. The number of carboxylic acid groups (broad SMARTS) is 1. The van der Waals surface area contributed by atoms with E-state index in [1.807, 2.05) is 36.4 Å². The van der Waals surface area contributed by atoms with Crippen molar-refractivity contribution in [3.05, 3.63) is 76.1 Å². The number of hydrogen-bond donors (Lipinski definition) is 3. The van der Waals surface area contributed by atoms with E-state index in [2.05, 4.69) is 10.3 Å². The molecule has 4 rings (SSSR count). The first-order valence-electron chi connectivity index (χ1n) is 8.29. The fraction of sp³-hybridized carbons (Fsp3) is 0.0476.